The van der Waals surface area contributed by atoms with E-state index in [9.17, 15) is 17.9 Å². The molecule has 0 amide bonds. The van der Waals surface area contributed by atoms with Gasteiger partial charge in [-0.05, 0) is 57.1 Å². The van der Waals surface area contributed by atoms with Gasteiger partial charge in [0.1, 0.15) is 0 Å². The number of halogens is 2. The second kappa shape index (κ2) is 10.4. The minimum atomic E-state index is -4.01. The molecule has 3 aromatic heterocycles. The number of aliphatic hydroxyl groups is 1. The first kappa shape index (κ1) is 26.9. The molecular formula is C26H27ClFN5O3S2. The number of pyridine rings is 1. The van der Waals surface area contributed by atoms with Crippen molar-refractivity contribution in [3.05, 3.63) is 65.3 Å². The van der Waals surface area contributed by atoms with Gasteiger partial charge in [-0.2, -0.15) is 11.8 Å². The zero-order valence-electron chi connectivity index (χ0n) is 20.9. The maximum atomic E-state index is 14.8. The molecule has 1 aliphatic carbocycles. The third-order valence-corrected chi connectivity index (χ3v) is 9.41. The van der Waals surface area contributed by atoms with Crippen LogP contribution < -0.4 is 5.32 Å². The highest BCUT2D eigenvalue weighted by molar-refractivity contribution is 7.98. The van der Waals surface area contributed by atoms with Gasteiger partial charge < -0.3 is 10.4 Å². The maximum absolute atomic E-state index is 14.8. The Balaban J connectivity index is 1.56. The van der Waals surface area contributed by atoms with Crippen molar-refractivity contribution >= 4 is 50.2 Å². The van der Waals surface area contributed by atoms with Gasteiger partial charge >= 0.3 is 0 Å². The fraction of sp³-hybridized carbons (Fsp3) is 0.346. The molecule has 1 aromatic carbocycles. The SMILES string of the molecule is CSCC1(O)CCCC(Nc2nc(-c3cn(S(=O)(=O)c4ccc(C)cc4)c4ncc(Cl)cc34)ncc2F)C1. The Morgan fingerprint density at radius 2 is 2.03 bits per heavy atom. The van der Waals surface area contributed by atoms with Gasteiger partial charge in [0, 0.05) is 35.1 Å². The number of hydrogen-bond acceptors (Lipinski definition) is 8. The first-order chi connectivity index (χ1) is 18.1. The molecule has 38 heavy (non-hydrogen) atoms. The van der Waals surface area contributed by atoms with Crippen LogP contribution >= 0.6 is 23.4 Å². The summed E-state index contributed by atoms with van der Waals surface area (Å²) in [4.78, 5) is 13.0. The van der Waals surface area contributed by atoms with Gasteiger partial charge in [0.2, 0.25) is 0 Å². The minimum Gasteiger partial charge on any atom is -0.389 e. The number of nitrogens with one attached hydrogen (secondary N) is 1. The van der Waals surface area contributed by atoms with Crippen molar-refractivity contribution in [2.75, 3.05) is 17.3 Å². The van der Waals surface area contributed by atoms with Crippen molar-refractivity contribution in [2.24, 2.45) is 0 Å². The highest BCUT2D eigenvalue weighted by Gasteiger charge is 2.34. The summed E-state index contributed by atoms with van der Waals surface area (Å²) in [7, 11) is -4.01. The van der Waals surface area contributed by atoms with Gasteiger partial charge in [0.05, 0.1) is 21.7 Å². The molecule has 4 aromatic rings. The van der Waals surface area contributed by atoms with E-state index >= 15 is 0 Å². The molecule has 200 valence electrons. The molecule has 0 radical (unpaired) electrons. The number of fused-ring (bicyclic) bond motifs is 1. The van der Waals surface area contributed by atoms with Gasteiger partial charge in [-0.3, -0.25) is 0 Å². The van der Waals surface area contributed by atoms with E-state index in [0.717, 1.165) is 28.6 Å². The largest absolute Gasteiger partial charge is 0.389 e. The van der Waals surface area contributed by atoms with Crippen LogP contribution in [0.3, 0.4) is 0 Å². The number of nitrogens with zero attached hydrogens (tertiary/aromatic N) is 4. The molecule has 0 saturated heterocycles. The van der Waals surface area contributed by atoms with Crippen molar-refractivity contribution in [1.82, 2.24) is 18.9 Å². The predicted octanol–water partition coefficient (Wildman–Crippen LogP) is 5.28. The Labute approximate surface area is 229 Å². The third kappa shape index (κ3) is 5.25. The van der Waals surface area contributed by atoms with Crippen LogP contribution in [0.25, 0.3) is 22.4 Å². The molecule has 0 bridgehead atoms. The summed E-state index contributed by atoms with van der Waals surface area (Å²) in [5.41, 5.74) is 0.608. The number of benzene rings is 1. The van der Waals surface area contributed by atoms with Gasteiger partial charge in [-0.1, -0.05) is 29.3 Å². The summed E-state index contributed by atoms with van der Waals surface area (Å²) >= 11 is 7.79. The van der Waals surface area contributed by atoms with E-state index in [1.165, 1.54) is 24.5 Å². The number of rotatable bonds is 7. The standard InChI is InChI=1S/C26H27ClFN5O3S2/c1-16-5-7-19(8-6-16)38(35,36)33-14-21(20-10-17(27)12-30-25(20)33)23-29-13-22(28)24(32-23)31-18-4-3-9-26(34,11-18)15-37-2/h5-8,10,12-14,18,34H,3-4,9,11,15H2,1-2H3,(H,29,31,32). The monoisotopic (exact) mass is 575 g/mol. The molecular weight excluding hydrogens is 549 g/mol. The van der Waals surface area contributed by atoms with Crippen LogP contribution in [0.5, 0.6) is 0 Å². The van der Waals surface area contributed by atoms with Crippen LogP contribution in [-0.2, 0) is 10.0 Å². The fourth-order valence-corrected chi connectivity index (χ4v) is 7.18. The zero-order chi connectivity index (χ0) is 27.1. The van der Waals surface area contributed by atoms with Gasteiger partial charge in [0.25, 0.3) is 10.0 Å². The molecule has 1 saturated carbocycles. The number of thioether (sulfide) groups is 1. The molecule has 2 unspecified atom stereocenters. The van der Waals surface area contributed by atoms with E-state index < -0.39 is 21.4 Å². The lowest BCUT2D eigenvalue weighted by Crippen LogP contribution is -2.42. The summed E-state index contributed by atoms with van der Waals surface area (Å²) in [6, 6.07) is 7.92. The lowest BCUT2D eigenvalue weighted by molar-refractivity contribution is 0.0229. The maximum Gasteiger partial charge on any atom is 0.269 e. The van der Waals surface area contributed by atoms with E-state index in [0.29, 0.717) is 34.6 Å². The fourth-order valence-electron chi connectivity index (χ4n) is 4.89. The molecule has 3 heterocycles. The topological polar surface area (TPSA) is 110 Å². The Morgan fingerprint density at radius 1 is 1.26 bits per heavy atom. The van der Waals surface area contributed by atoms with Crippen LogP contribution in [0.15, 0.2) is 53.8 Å². The van der Waals surface area contributed by atoms with Gasteiger partial charge in [-0.25, -0.2) is 31.7 Å². The van der Waals surface area contributed by atoms with Crippen LogP contribution in [0.2, 0.25) is 5.02 Å². The lowest BCUT2D eigenvalue weighted by Gasteiger charge is -2.37. The number of aromatic nitrogens is 4. The first-order valence-corrected chi connectivity index (χ1v) is 15.3. The molecule has 1 aliphatic rings. The molecule has 5 rings (SSSR count). The van der Waals surface area contributed by atoms with E-state index in [2.05, 4.69) is 20.3 Å². The molecule has 8 nitrogen and oxygen atoms in total. The highest BCUT2D eigenvalue weighted by atomic mass is 35.5. The summed E-state index contributed by atoms with van der Waals surface area (Å²) in [5, 5.41) is 14.7. The van der Waals surface area contributed by atoms with Crippen LogP contribution in [0.4, 0.5) is 10.2 Å². The third-order valence-electron chi connectivity index (χ3n) is 6.72. The Hall–Kier alpha value is -2.73. The van der Waals surface area contributed by atoms with E-state index in [-0.39, 0.29) is 28.2 Å². The van der Waals surface area contributed by atoms with Gasteiger partial charge in [-0.15, -0.1) is 0 Å². The second-order valence-electron chi connectivity index (χ2n) is 9.67. The number of hydrogen-bond donors (Lipinski definition) is 2. The Kier molecular flexibility index (Phi) is 7.38. The Bertz CT molecular complexity index is 1590. The normalized spacial score (nSPS) is 20.1. The van der Waals surface area contributed by atoms with E-state index in [4.69, 9.17) is 11.6 Å². The highest BCUT2D eigenvalue weighted by Crippen LogP contribution is 2.35. The predicted molar refractivity (Wildman–Crippen MR) is 149 cm³/mol. The molecule has 1 fully saturated rings. The van der Waals surface area contributed by atoms with Crippen molar-refractivity contribution in [2.45, 2.75) is 49.1 Å². The van der Waals surface area contributed by atoms with E-state index in [1.54, 1.807) is 30.0 Å². The van der Waals surface area contributed by atoms with Crippen molar-refractivity contribution < 1.29 is 17.9 Å². The molecule has 0 aliphatic heterocycles. The van der Waals surface area contributed by atoms with Crippen molar-refractivity contribution in [1.29, 1.82) is 0 Å². The van der Waals surface area contributed by atoms with Crippen LogP contribution in [0.1, 0.15) is 31.2 Å². The Morgan fingerprint density at radius 3 is 2.76 bits per heavy atom. The first-order valence-electron chi connectivity index (χ1n) is 12.1. The summed E-state index contributed by atoms with van der Waals surface area (Å²) in [6.45, 7) is 1.87. The van der Waals surface area contributed by atoms with Gasteiger partial charge in [0.15, 0.2) is 23.1 Å². The average Bonchev–Trinajstić information content (AvgIpc) is 3.25. The second-order valence-corrected chi connectivity index (χ2v) is 12.8. The lowest BCUT2D eigenvalue weighted by atomic mass is 9.83. The molecule has 2 N–H and O–H groups in total. The quantitative estimate of drug-likeness (QED) is 0.306. The summed E-state index contributed by atoms with van der Waals surface area (Å²) in [5.74, 6) is 0.0763. The zero-order valence-corrected chi connectivity index (χ0v) is 23.2. The molecule has 2 atom stereocenters. The summed E-state index contributed by atoms with van der Waals surface area (Å²) in [6.07, 6.45) is 8.50. The van der Waals surface area contributed by atoms with E-state index in [1.807, 2.05) is 13.2 Å². The van der Waals surface area contributed by atoms with Crippen molar-refractivity contribution in [3.63, 3.8) is 0 Å². The average molecular weight is 576 g/mol. The smallest absolute Gasteiger partial charge is 0.269 e. The van der Waals surface area contributed by atoms with Crippen LogP contribution in [0, 0.1) is 12.7 Å². The molecule has 0 spiro atoms. The summed E-state index contributed by atoms with van der Waals surface area (Å²) < 4.78 is 43.0. The minimum absolute atomic E-state index is 0.00863. The number of aryl methyl sites for hydroxylation is 1. The van der Waals surface area contributed by atoms with Crippen LogP contribution in [-0.4, -0.2) is 56.1 Å². The van der Waals surface area contributed by atoms with Crippen molar-refractivity contribution in [3.8, 4) is 11.4 Å². The molecule has 12 heteroatoms. The number of anilines is 1.